The molecule has 2 nitrogen and oxygen atoms in total. The van der Waals surface area contributed by atoms with Crippen LogP contribution in [-0.4, -0.2) is 0 Å². The maximum Gasteiger partial charge on any atom is 0.136 e. The van der Waals surface area contributed by atoms with Gasteiger partial charge in [0.1, 0.15) is 11.2 Å². The summed E-state index contributed by atoms with van der Waals surface area (Å²) in [6, 6.07) is 72.4. The second-order valence-corrected chi connectivity index (χ2v) is 14.1. The standard InChI is InChI=1S/C52H33NO/c1-2-10-35(11-3-1)44-13-6-8-16-49(44)53(43-28-24-39-33-51-48(32-41(39)31-43)47-15-7-9-17-50(47)54-51)42-26-22-34(23-27-42)38-25-29-46-40(30-38)21-20-37-19-18-36-12-4-5-14-45(36)52(37)46/h1-33H. The topological polar surface area (TPSA) is 16.4 Å². The number of fused-ring (bicyclic) bond motifs is 9. The fourth-order valence-corrected chi connectivity index (χ4v) is 8.37. The Balaban J connectivity index is 1.05. The number of anilines is 3. The van der Waals surface area contributed by atoms with Crippen LogP contribution in [0.5, 0.6) is 0 Å². The zero-order valence-electron chi connectivity index (χ0n) is 29.4. The zero-order valence-corrected chi connectivity index (χ0v) is 29.4. The largest absolute Gasteiger partial charge is 0.456 e. The minimum atomic E-state index is 0.911. The van der Waals surface area contributed by atoms with Gasteiger partial charge in [-0.25, -0.2) is 0 Å². The van der Waals surface area contributed by atoms with Gasteiger partial charge in [-0.1, -0.05) is 146 Å². The summed E-state index contributed by atoms with van der Waals surface area (Å²) in [5, 5.41) is 12.3. The molecule has 10 aromatic carbocycles. The third-order valence-corrected chi connectivity index (χ3v) is 11.0. The number of rotatable bonds is 5. The maximum absolute atomic E-state index is 6.24. The summed E-state index contributed by atoms with van der Waals surface area (Å²) in [7, 11) is 0. The van der Waals surface area contributed by atoms with E-state index in [1.165, 1.54) is 60.0 Å². The van der Waals surface area contributed by atoms with Crippen molar-refractivity contribution in [3.8, 4) is 22.3 Å². The lowest BCUT2D eigenvalue weighted by atomic mass is 9.94. The van der Waals surface area contributed by atoms with Gasteiger partial charge in [-0.15, -0.1) is 0 Å². The third-order valence-electron chi connectivity index (χ3n) is 11.0. The SMILES string of the molecule is c1ccc(-c2ccccc2N(c2ccc(-c3ccc4c(ccc5ccc6ccccc6c54)c3)cc2)c2ccc3cc4oc5ccccc5c4cc3c2)cc1. The first-order valence-electron chi connectivity index (χ1n) is 18.5. The summed E-state index contributed by atoms with van der Waals surface area (Å²) in [5.41, 5.74) is 9.87. The van der Waals surface area contributed by atoms with Crippen molar-refractivity contribution in [1.29, 1.82) is 0 Å². The summed E-state index contributed by atoms with van der Waals surface area (Å²) in [6.07, 6.45) is 0. The molecular weight excluding hydrogens is 655 g/mol. The van der Waals surface area contributed by atoms with E-state index in [4.69, 9.17) is 4.42 Å². The highest BCUT2D eigenvalue weighted by atomic mass is 16.3. The number of para-hydroxylation sites is 2. The Morgan fingerprint density at radius 2 is 0.981 bits per heavy atom. The smallest absolute Gasteiger partial charge is 0.136 e. The number of hydrogen-bond acceptors (Lipinski definition) is 2. The summed E-state index contributed by atoms with van der Waals surface area (Å²) in [5.74, 6) is 0. The quantitative estimate of drug-likeness (QED) is 0.168. The Morgan fingerprint density at radius 1 is 0.315 bits per heavy atom. The van der Waals surface area contributed by atoms with Crippen LogP contribution in [-0.2, 0) is 0 Å². The molecule has 11 rings (SSSR count). The first-order chi connectivity index (χ1) is 26.7. The molecule has 1 heterocycles. The van der Waals surface area contributed by atoms with Gasteiger partial charge in [-0.05, 0) is 114 Å². The van der Waals surface area contributed by atoms with Gasteiger partial charge in [0, 0.05) is 27.7 Å². The van der Waals surface area contributed by atoms with Crippen molar-refractivity contribution in [3.05, 3.63) is 200 Å². The Morgan fingerprint density at radius 3 is 1.87 bits per heavy atom. The molecule has 0 amide bonds. The summed E-state index contributed by atoms with van der Waals surface area (Å²) >= 11 is 0. The molecule has 11 aromatic rings. The molecule has 54 heavy (non-hydrogen) atoms. The van der Waals surface area contributed by atoms with E-state index in [-0.39, 0.29) is 0 Å². The molecule has 0 atom stereocenters. The lowest BCUT2D eigenvalue weighted by Gasteiger charge is -2.28. The Bertz CT molecular complexity index is 3210. The fourth-order valence-electron chi connectivity index (χ4n) is 8.37. The minimum absolute atomic E-state index is 0.911. The van der Waals surface area contributed by atoms with E-state index in [2.05, 4.69) is 193 Å². The maximum atomic E-state index is 6.24. The van der Waals surface area contributed by atoms with Gasteiger partial charge in [0.05, 0.1) is 5.69 Å². The van der Waals surface area contributed by atoms with Crippen molar-refractivity contribution in [3.63, 3.8) is 0 Å². The molecule has 0 aliphatic rings. The van der Waals surface area contributed by atoms with Crippen molar-refractivity contribution in [2.24, 2.45) is 0 Å². The molecule has 0 aliphatic heterocycles. The molecule has 0 fully saturated rings. The molecule has 0 saturated heterocycles. The van der Waals surface area contributed by atoms with Gasteiger partial charge in [-0.3, -0.25) is 0 Å². The molecule has 0 aliphatic carbocycles. The van der Waals surface area contributed by atoms with Crippen LogP contribution in [0, 0.1) is 0 Å². The first-order valence-corrected chi connectivity index (χ1v) is 18.5. The van der Waals surface area contributed by atoms with Crippen LogP contribution in [0.25, 0.3) is 87.3 Å². The Labute approximate surface area is 312 Å². The zero-order chi connectivity index (χ0) is 35.6. The molecule has 0 N–H and O–H groups in total. The second kappa shape index (κ2) is 12.2. The lowest BCUT2D eigenvalue weighted by Crippen LogP contribution is -2.11. The molecule has 1 aromatic heterocycles. The van der Waals surface area contributed by atoms with Crippen LogP contribution >= 0.6 is 0 Å². The van der Waals surface area contributed by atoms with Gasteiger partial charge in [0.2, 0.25) is 0 Å². The van der Waals surface area contributed by atoms with Crippen LogP contribution in [0.1, 0.15) is 0 Å². The van der Waals surface area contributed by atoms with Crippen molar-refractivity contribution in [2.75, 3.05) is 4.90 Å². The average Bonchev–Trinajstić information content (AvgIpc) is 3.60. The monoisotopic (exact) mass is 687 g/mol. The van der Waals surface area contributed by atoms with Gasteiger partial charge in [-0.2, -0.15) is 0 Å². The van der Waals surface area contributed by atoms with Crippen molar-refractivity contribution in [2.45, 2.75) is 0 Å². The highest BCUT2D eigenvalue weighted by molar-refractivity contribution is 6.20. The van der Waals surface area contributed by atoms with E-state index in [0.717, 1.165) is 44.4 Å². The van der Waals surface area contributed by atoms with Gasteiger partial charge >= 0.3 is 0 Å². The summed E-state index contributed by atoms with van der Waals surface area (Å²) in [6.45, 7) is 0. The van der Waals surface area contributed by atoms with E-state index in [9.17, 15) is 0 Å². The van der Waals surface area contributed by atoms with Crippen LogP contribution in [0.4, 0.5) is 17.1 Å². The normalized spacial score (nSPS) is 11.7. The van der Waals surface area contributed by atoms with Crippen molar-refractivity contribution >= 4 is 82.1 Å². The van der Waals surface area contributed by atoms with Crippen molar-refractivity contribution < 1.29 is 4.42 Å². The highest BCUT2D eigenvalue weighted by Crippen LogP contribution is 2.43. The number of benzene rings is 10. The minimum Gasteiger partial charge on any atom is -0.456 e. The summed E-state index contributed by atoms with van der Waals surface area (Å²) in [4.78, 5) is 2.39. The van der Waals surface area contributed by atoms with Gasteiger partial charge < -0.3 is 9.32 Å². The predicted octanol–water partition coefficient (Wildman–Crippen LogP) is 15.0. The average molecular weight is 688 g/mol. The third kappa shape index (κ3) is 4.96. The molecular formula is C52H33NO. The molecule has 0 bridgehead atoms. The van der Waals surface area contributed by atoms with E-state index in [1.54, 1.807) is 0 Å². The van der Waals surface area contributed by atoms with Crippen molar-refractivity contribution in [1.82, 2.24) is 0 Å². The molecule has 0 radical (unpaired) electrons. The predicted molar refractivity (Wildman–Crippen MR) is 229 cm³/mol. The van der Waals surface area contributed by atoms with E-state index in [0.29, 0.717) is 0 Å². The molecule has 0 unspecified atom stereocenters. The first kappa shape index (κ1) is 30.5. The summed E-state index contributed by atoms with van der Waals surface area (Å²) < 4.78 is 6.24. The number of hydrogen-bond donors (Lipinski definition) is 0. The van der Waals surface area contributed by atoms with Gasteiger partial charge in [0.15, 0.2) is 0 Å². The van der Waals surface area contributed by atoms with Crippen LogP contribution in [0.3, 0.4) is 0 Å². The van der Waals surface area contributed by atoms with Gasteiger partial charge in [0.25, 0.3) is 0 Å². The lowest BCUT2D eigenvalue weighted by molar-refractivity contribution is 0.669. The Hall–Kier alpha value is -7.16. The molecule has 2 heteroatoms. The van der Waals surface area contributed by atoms with E-state index in [1.807, 2.05) is 12.1 Å². The Kier molecular flexibility index (Phi) is 6.90. The van der Waals surface area contributed by atoms with Crippen LogP contribution < -0.4 is 4.90 Å². The fraction of sp³-hybridized carbons (Fsp3) is 0. The number of furan rings is 1. The molecule has 0 saturated carbocycles. The number of nitrogens with zero attached hydrogens (tertiary/aromatic N) is 1. The van der Waals surface area contributed by atoms with Crippen LogP contribution in [0.2, 0.25) is 0 Å². The van der Waals surface area contributed by atoms with E-state index < -0.39 is 0 Å². The molecule has 0 spiro atoms. The van der Waals surface area contributed by atoms with Crippen LogP contribution in [0.15, 0.2) is 205 Å². The highest BCUT2D eigenvalue weighted by Gasteiger charge is 2.18. The molecule has 252 valence electrons. The van der Waals surface area contributed by atoms with E-state index >= 15 is 0 Å². The second-order valence-electron chi connectivity index (χ2n) is 14.1.